The maximum Gasteiger partial charge on any atom is 0.330 e. The van der Waals surface area contributed by atoms with Crippen LogP contribution in [0.15, 0.2) is 0 Å². The predicted molar refractivity (Wildman–Crippen MR) is 28.4 cm³/mol. The third-order valence-electron chi connectivity index (χ3n) is 0.454. The molecule has 0 saturated carbocycles. The lowest BCUT2D eigenvalue weighted by molar-refractivity contribution is 0.210. The number of carbonyl (C=O) groups is 2. The van der Waals surface area contributed by atoms with Crippen LogP contribution >= 0.6 is 0 Å². The average molecular weight is 116 g/mol. The summed E-state index contributed by atoms with van der Waals surface area (Å²) in [4.78, 5) is 19.3. The van der Waals surface area contributed by atoms with Crippen LogP contribution in [0, 0.1) is 0 Å². The highest BCUT2D eigenvalue weighted by Crippen LogP contribution is 1.75. The summed E-state index contributed by atoms with van der Waals surface area (Å²) in [5, 5.41) is 3.83. The highest BCUT2D eigenvalue weighted by Gasteiger charge is 2.18. The molecule has 1 aliphatic rings. The van der Waals surface area contributed by atoms with Gasteiger partial charge in [0.05, 0.1) is 0 Å². The zero-order valence-electron chi connectivity index (χ0n) is 4.82. The zero-order valence-corrected chi connectivity index (χ0v) is 4.82. The highest BCUT2D eigenvalue weighted by atomic mass is 16.2. The Balaban J connectivity index is 0.000000222. The minimum atomic E-state index is -0.417. The van der Waals surface area contributed by atoms with Gasteiger partial charge in [-0.2, -0.15) is 0 Å². The number of hydrogen-bond donors (Lipinski definition) is 2. The summed E-state index contributed by atoms with van der Waals surface area (Å²) in [5.41, 5.74) is 0. The van der Waals surface area contributed by atoms with Gasteiger partial charge in [0.1, 0.15) is 0 Å². The first kappa shape index (κ1) is 6.94. The van der Waals surface area contributed by atoms with E-state index < -0.39 is 12.1 Å². The van der Waals surface area contributed by atoms with Gasteiger partial charge in [-0.1, -0.05) is 13.8 Å². The van der Waals surface area contributed by atoms with Crippen molar-refractivity contribution in [2.75, 3.05) is 0 Å². The Morgan fingerprint density at radius 2 is 1.25 bits per heavy atom. The van der Waals surface area contributed by atoms with Gasteiger partial charge in [-0.25, -0.2) is 9.59 Å². The number of hydrogen-bond acceptors (Lipinski definition) is 2. The molecule has 0 unspecified atom stereocenters. The zero-order chi connectivity index (χ0) is 6.57. The largest absolute Gasteiger partial charge is 0.330 e. The lowest BCUT2D eigenvalue weighted by atomic mass is 10.7. The molecule has 4 amide bonds. The molecule has 46 valence electrons. The topological polar surface area (TPSA) is 58.2 Å². The van der Waals surface area contributed by atoms with E-state index in [0.29, 0.717) is 0 Å². The normalized spacial score (nSPS) is 14.2. The lowest BCUT2D eigenvalue weighted by Crippen LogP contribution is -2.58. The molecule has 0 aromatic carbocycles. The summed E-state index contributed by atoms with van der Waals surface area (Å²) in [6.45, 7) is 4.00. The smallest absolute Gasteiger partial charge is 0.259 e. The summed E-state index contributed by atoms with van der Waals surface area (Å²) in [6, 6.07) is -0.833. The van der Waals surface area contributed by atoms with E-state index in [9.17, 15) is 9.59 Å². The predicted octanol–water partition coefficient (Wildman–Crippen LogP) is 0.445. The molecule has 1 fully saturated rings. The molecule has 4 nitrogen and oxygen atoms in total. The molecule has 1 aliphatic heterocycles. The Morgan fingerprint density at radius 3 is 1.25 bits per heavy atom. The van der Waals surface area contributed by atoms with Crippen molar-refractivity contribution in [2.24, 2.45) is 0 Å². The third-order valence-corrected chi connectivity index (χ3v) is 0.454. The molecule has 8 heavy (non-hydrogen) atoms. The Hall–Kier alpha value is -1.06. The molecule has 0 radical (unpaired) electrons. The van der Waals surface area contributed by atoms with Crippen LogP contribution in [-0.4, -0.2) is 12.1 Å². The Labute approximate surface area is 47.3 Å². The van der Waals surface area contributed by atoms with E-state index in [-0.39, 0.29) is 0 Å². The molecule has 0 aliphatic carbocycles. The van der Waals surface area contributed by atoms with Crippen LogP contribution in [0.25, 0.3) is 0 Å². The SMILES string of the molecule is CC.O=C1NC(=O)N1. The number of rotatable bonds is 0. The first-order chi connectivity index (χ1) is 3.79. The van der Waals surface area contributed by atoms with E-state index in [1.807, 2.05) is 24.5 Å². The second-order valence-electron chi connectivity index (χ2n) is 0.908. The fourth-order valence-electron chi connectivity index (χ4n) is 0.206. The minimum absolute atomic E-state index is 0.417. The van der Waals surface area contributed by atoms with Gasteiger partial charge in [-0.15, -0.1) is 0 Å². The van der Waals surface area contributed by atoms with E-state index in [0.717, 1.165) is 0 Å². The Morgan fingerprint density at radius 1 is 1.00 bits per heavy atom. The summed E-state index contributed by atoms with van der Waals surface area (Å²) in [7, 11) is 0. The first-order valence-electron chi connectivity index (χ1n) is 2.41. The number of amides is 4. The van der Waals surface area contributed by atoms with Crippen molar-refractivity contribution in [3.05, 3.63) is 0 Å². The van der Waals surface area contributed by atoms with Gasteiger partial charge in [-0.3, -0.25) is 10.6 Å². The maximum absolute atomic E-state index is 9.67. The molecule has 0 spiro atoms. The number of nitrogens with one attached hydrogen (secondary N) is 2. The molecule has 2 N–H and O–H groups in total. The van der Waals surface area contributed by atoms with Crippen LogP contribution in [0.1, 0.15) is 13.8 Å². The Bertz CT molecular complexity index is 88.6. The quantitative estimate of drug-likeness (QED) is 0.482. The molecule has 1 rings (SSSR count). The second kappa shape index (κ2) is 3.01. The molecule has 0 aromatic rings. The molecule has 0 bridgehead atoms. The maximum atomic E-state index is 9.67. The van der Waals surface area contributed by atoms with Crippen molar-refractivity contribution in [1.82, 2.24) is 10.6 Å². The first-order valence-corrected chi connectivity index (χ1v) is 2.41. The van der Waals surface area contributed by atoms with Crippen LogP contribution in [0.4, 0.5) is 9.59 Å². The van der Waals surface area contributed by atoms with E-state index >= 15 is 0 Å². The molecule has 1 saturated heterocycles. The van der Waals surface area contributed by atoms with Gasteiger partial charge >= 0.3 is 12.1 Å². The van der Waals surface area contributed by atoms with Crippen molar-refractivity contribution in [3.63, 3.8) is 0 Å². The van der Waals surface area contributed by atoms with Gasteiger partial charge in [-0.05, 0) is 0 Å². The number of urea groups is 2. The van der Waals surface area contributed by atoms with E-state index in [4.69, 9.17) is 0 Å². The van der Waals surface area contributed by atoms with Gasteiger partial charge in [0.25, 0.3) is 0 Å². The van der Waals surface area contributed by atoms with Crippen molar-refractivity contribution in [3.8, 4) is 0 Å². The van der Waals surface area contributed by atoms with Crippen molar-refractivity contribution < 1.29 is 9.59 Å². The van der Waals surface area contributed by atoms with E-state index in [1.165, 1.54) is 0 Å². The van der Waals surface area contributed by atoms with Crippen molar-refractivity contribution >= 4 is 12.1 Å². The molecule has 0 atom stereocenters. The standard InChI is InChI=1S/C2H2N2O2.C2H6/c5-1-3-2(6)4-1;1-2/h(H2,3,4,5,6);1-2H3. The Kier molecular flexibility index (Phi) is 2.61. The monoisotopic (exact) mass is 116 g/mol. The fourth-order valence-corrected chi connectivity index (χ4v) is 0.206. The number of imide groups is 2. The highest BCUT2D eigenvalue weighted by molar-refractivity contribution is 6.11. The summed E-state index contributed by atoms with van der Waals surface area (Å²) in [6.07, 6.45) is 0. The van der Waals surface area contributed by atoms with E-state index in [1.54, 1.807) is 0 Å². The average Bonchev–Trinajstić information content (AvgIpc) is 1.70. The van der Waals surface area contributed by atoms with E-state index in [2.05, 4.69) is 0 Å². The second-order valence-corrected chi connectivity index (χ2v) is 0.908. The molecule has 1 heterocycles. The molecular formula is C4H8N2O2. The van der Waals surface area contributed by atoms with Gasteiger partial charge in [0.15, 0.2) is 0 Å². The minimum Gasteiger partial charge on any atom is -0.259 e. The lowest BCUT2D eigenvalue weighted by Gasteiger charge is -2.10. The van der Waals surface area contributed by atoms with Gasteiger partial charge in [0.2, 0.25) is 0 Å². The summed E-state index contributed by atoms with van der Waals surface area (Å²) in [5.74, 6) is 0. The van der Waals surface area contributed by atoms with Crippen LogP contribution < -0.4 is 10.6 Å². The van der Waals surface area contributed by atoms with Crippen LogP contribution in [0.3, 0.4) is 0 Å². The van der Waals surface area contributed by atoms with Crippen molar-refractivity contribution in [1.29, 1.82) is 0 Å². The van der Waals surface area contributed by atoms with Crippen molar-refractivity contribution in [2.45, 2.75) is 13.8 Å². The molecule has 0 aromatic heterocycles. The van der Waals surface area contributed by atoms with Gasteiger partial charge < -0.3 is 0 Å². The third kappa shape index (κ3) is 1.59. The van der Waals surface area contributed by atoms with Gasteiger partial charge in [0, 0.05) is 0 Å². The van der Waals surface area contributed by atoms with Crippen LogP contribution in [0.2, 0.25) is 0 Å². The van der Waals surface area contributed by atoms with Crippen LogP contribution in [-0.2, 0) is 0 Å². The van der Waals surface area contributed by atoms with Crippen LogP contribution in [0.5, 0.6) is 0 Å². The summed E-state index contributed by atoms with van der Waals surface area (Å²) >= 11 is 0. The fraction of sp³-hybridized carbons (Fsp3) is 0.500. The molecular weight excluding hydrogens is 108 g/mol. The summed E-state index contributed by atoms with van der Waals surface area (Å²) < 4.78 is 0. The number of carbonyl (C=O) groups excluding carboxylic acids is 2. The molecule has 4 heteroatoms.